The lowest BCUT2D eigenvalue weighted by Gasteiger charge is -2.20. The van der Waals surface area contributed by atoms with Crippen molar-refractivity contribution in [3.05, 3.63) is 24.0 Å². The first-order chi connectivity index (χ1) is 9.97. The first kappa shape index (κ1) is 17.8. The highest BCUT2D eigenvalue weighted by Crippen LogP contribution is 2.21. The number of carbonyl (C=O) groups is 1. The van der Waals surface area contributed by atoms with Crippen molar-refractivity contribution in [2.75, 3.05) is 6.54 Å². The lowest BCUT2D eigenvalue weighted by molar-refractivity contribution is -0.122. The van der Waals surface area contributed by atoms with Crippen LogP contribution in [0.4, 0.5) is 0 Å². The Morgan fingerprint density at radius 1 is 1.29 bits per heavy atom. The Balaban J connectivity index is 2.60. The maximum absolute atomic E-state index is 12.0. The van der Waals surface area contributed by atoms with Crippen molar-refractivity contribution in [2.45, 2.75) is 66.1 Å². The van der Waals surface area contributed by atoms with Crippen LogP contribution in [0.3, 0.4) is 0 Å². The Kier molecular flexibility index (Phi) is 7.51. The van der Waals surface area contributed by atoms with E-state index in [1.54, 1.807) is 0 Å². The summed E-state index contributed by atoms with van der Waals surface area (Å²) in [6.07, 6.45) is 6.19. The van der Waals surface area contributed by atoms with Crippen molar-refractivity contribution < 1.29 is 4.79 Å². The molecular formula is C17H31N3O. The average Bonchev–Trinajstić information content (AvgIpc) is 2.83. The molecule has 1 amide bonds. The van der Waals surface area contributed by atoms with Gasteiger partial charge in [-0.25, -0.2) is 0 Å². The molecule has 2 unspecified atom stereocenters. The van der Waals surface area contributed by atoms with E-state index in [9.17, 15) is 4.79 Å². The Morgan fingerprint density at radius 2 is 2.00 bits per heavy atom. The zero-order valence-corrected chi connectivity index (χ0v) is 14.1. The molecule has 0 aliphatic heterocycles. The summed E-state index contributed by atoms with van der Waals surface area (Å²) in [6.45, 7) is 12.1. The minimum Gasteiger partial charge on any atom is -0.352 e. The lowest BCUT2D eigenvalue weighted by atomic mass is 9.98. The molecule has 0 aromatic carbocycles. The van der Waals surface area contributed by atoms with Gasteiger partial charge in [-0.15, -0.1) is 0 Å². The molecule has 1 aromatic rings. The van der Waals surface area contributed by atoms with Gasteiger partial charge in [0, 0.05) is 24.5 Å². The second-order valence-corrected chi connectivity index (χ2v) is 6.15. The molecule has 4 heteroatoms. The number of nitrogens with one attached hydrogen (secondary N) is 2. The summed E-state index contributed by atoms with van der Waals surface area (Å²) in [6, 6.07) is 2.71. The molecule has 2 N–H and O–H groups in total. The molecule has 120 valence electrons. The zero-order valence-electron chi connectivity index (χ0n) is 14.1. The molecule has 2 atom stereocenters. The highest BCUT2D eigenvalue weighted by molar-refractivity contribution is 5.76. The summed E-state index contributed by atoms with van der Waals surface area (Å²) in [5, 5.41) is 6.54. The second kappa shape index (κ2) is 8.88. The van der Waals surface area contributed by atoms with E-state index in [2.05, 4.69) is 57.5 Å². The first-order valence-corrected chi connectivity index (χ1v) is 8.16. The van der Waals surface area contributed by atoms with E-state index < -0.39 is 0 Å². The fourth-order valence-corrected chi connectivity index (χ4v) is 2.69. The summed E-state index contributed by atoms with van der Waals surface area (Å²) in [4.78, 5) is 12.0. The van der Waals surface area contributed by atoms with Crippen LogP contribution in [0.25, 0.3) is 0 Å². The van der Waals surface area contributed by atoms with Crippen LogP contribution in [0.5, 0.6) is 0 Å². The summed E-state index contributed by atoms with van der Waals surface area (Å²) in [5.74, 6) is 0.613. The van der Waals surface area contributed by atoms with Crippen LogP contribution in [0.2, 0.25) is 0 Å². The monoisotopic (exact) mass is 293 g/mol. The molecule has 0 fully saturated rings. The summed E-state index contributed by atoms with van der Waals surface area (Å²) in [7, 11) is 0. The highest BCUT2D eigenvalue weighted by atomic mass is 16.2. The molecule has 0 aliphatic carbocycles. The second-order valence-electron chi connectivity index (χ2n) is 6.15. The van der Waals surface area contributed by atoms with Gasteiger partial charge in [0.25, 0.3) is 0 Å². The van der Waals surface area contributed by atoms with Gasteiger partial charge in [-0.3, -0.25) is 4.79 Å². The third-order valence-corrected chi connectivity index (χ3v) is 3.68. The van der Waals surface area contributed by atoms with Gasteiger partial charge in [0.15, 0.2) is 0 Å². The molecule has 1 aromatic heterocycles. The summed E-state index contributed by atoms with van der Waals surface area (Å²) >= 11 is 0. The van der Waals surface area contributed by atoms with Gasteiger partial charge in [0.2, 0.25) is 5.91 Å². The molecule has 0 aliphatic rings. The standard InChI is InChI=1S/C17H31N3O/c1-6-8-14(5)19-16(21)12-20-10-9-15(11-20)17(13(3)4)18-7-2/h9-11,13-14,17-18H,6-8,12H2,1-5H3,(H,19,21). The molecule has 0 bridgehead atoms. The third-order valence-electron chi connectivity index (χ3n) is 3.68. The third kappa shape index (κ3) is 5.92. The smallest absolute Gasteiger partial charge is 0.240 e. The van der Waals surface area contributed by atoms with Gasteiger partial charge < -0.3 is 15.2 Å². The average molecular weight is 293 g/mol. The number of hydrogen-bond acceptors (Lipinski definition) is 2. The maximum Gasteiger partial charge on any atom is 0.240 e. The number of nitrogens with zero attached hydrogens (tertiary/aromatic N) is 1. The predicted octanol–water partition coefficient (Wildman–Crippen LogP) is 3.10. The van der Waals surface area contributed by atoms with E-state index in [1.165, 1.54) is 5.56 Å². The van der Waals surface area contributed by atoms with E-state index in [1.807, 2.05) is 10.8 Å². The Bertz CT molecular complexity index is 425. The van der Waals surface area contributed by atoms with Crippen molar-refractivity contribution >= 4 is 5.91 Å². The van der Waals surface area contributed by atoms with Crippen molar-refractivity contribution in [3.8, 4) is 0 Å². The molecule has 21 heavy (non-hydrogen) atoms. The molecule has 1 rings (SSSR count). The van der Waals surface area contributed by atoms with Crippen molar-refractivity contribution in [1.82, 2.24) is 15.2 Å². The van der Waals surface area contributed by atoms with Crippen LogP contribution >= 0.6 is 0 Å². The van der Waals surface area contributed by atoms with Crippen molar-refractivity contribution in [3.63, 3.8) is 0 Å². The zero-order chi connectivity index (χ0) is 15.8. The fourth-order valence-electron chi connectivity index (χ4n) is 2.69. The lowest BCUT2D eigenvalue weighted by Crippen LogP contribution is -2.34. The number of carbonyl (C=O) groups excluding carboxylic acids is 1. The van der Waals surface area contributed by atoms with Gasteiger partial charge in [-0.05, 0) is 37.4 Å². The molecule has 0 spiro atoms. The maximum atomic E-state index is 12.0. The molecular weight excluding hydrogens is 262 g/mol. The molecule has 1 heterocycles. The number of rotatable bonds is 9. The van der Waals surface area contributed by atoms with Crippen LogP contribution in [0.15, 0.2) is 18.5 Å². The van der Waals surface area contributed by atoms with Crippen molar-refractivity contribution in [2.24, 2.45) is 5.92 Å². The van der Waals surface area contributed by atoms with Crippen molar-refractivity contribution in [1.29, 1.82) is 0 Å². The number of aromatic nitrogens is 1. The van der Waals surface area contributed by atoms with E-state index >= 15 is 0 Å². The molecule has 0 saturated carbocycles. The largest absolute Gasteiger partial charge is 0.352 e. The summed E-state index contributed by atoms with van der Waals surface area (Å²) in [5.41, 5.74) is 1.25. The van der Waals surface area contributed by atoms with E-state index in [-0.39, 0.29) is 11.9 Å². The van der Waals surface area contributed by atoms with Gasteiger partial charge in [0.1, 0.15) is 6.54 Å². The van der Waals surface area contributed by atoms with Crippen LogP contribution in [-0.4, -0.2) is 23.1 Å². The van der Waals surface area contributed by atoms with Crippen LogP contribution in [-0.2, 0) is 11.3 Å². The van der Waals surface area contributed by atoms with Crippen LogP contribution < -0.4 is 10.6 Å². The van der Waals surface area contributed by atoms with E-state index in [0.29, 0.717) is 18.5 Å². The summed E-state index contributed by atoms with van der Waals surface area (Å²) < 4.78 is 1.97. The predicted molar refractivity (Wildman–Crippen MR) is 88.2 cm³/mol. The number of amides is 1. The number of hydrogen-bond donors (Lipinski definition) is 2. The van der Waals surface area contributed by atoms with Gasteiger partial charge in [0.05, 0.1) is 0 Å². The minimum absolute atomic E-state index is 0.0858. The topological polar surface area (TPSA) is 46.1 Å². The minimum atomic E-state index is 0.0858. The van der Waals surface area contributed by atoms with Crippen LogP contribution in [0.1, 0.15) is 59.1 Å². The van der Waals surface area contributed by atoms with Gasteiger partial charge in [-0.2, -0.15) is 0 Å². The van der Waals surface area contributed by atoms with Crippen LogP contribution in [0, 0.1) is 5.92 Å². The Labute approximate surface area is 129 Å². The first-order valence-electron chi connectivity index (χ1n) is 8.16. The quantitative estimate of drug-likeness (QED) is 0.735. The van der Waals surface area contributed by atoms with E-state index in [4.69, 9.17) is 0 Å². The molecule has 0 saturated heterocycles. The van der Waals surface area contributed by atoms with E-state index in [0.717, 1.165) is 19.4 Å². The fraction of sp³-hybridized carbons (Fsp3) is 0.706. The van der Waals surface area contributed by atoms with Gasteiger partial charge >= 0.3 is 0 Å². The Hall–Kier alpha value is -1.29. The Morgan fingerprint density at radius 3 is 2.57 bits per heavy atom. The highest BCUT2D eigenvalue weighted by Gasteiger charge is 2.16. The SMILES string of the molecule is CCCC(C)NC(=O)Cn1ccc(C(NCC)C(C)C)c1. The van der Waals surface area contributed by atoms with Gasteiger partial charge in [-0.1, -0.05) is 34.1 Å². The molecule has 0 radical (unpaired) electrons. The normalized spacial score (nSPS) is 14.2. The molecule has 4 nitrogen and oxygen atoms in total.